The number of hydrogen-bond acceptors (Lipinski definition) is 9. The molecule has 1 aliphatic rings. The number of fused-ring (bicyclic) bond motifs is 4. The minimum Gasteiger partial charge on any atom is -0.317 e. The molecule has 0 radical (unpaired) electrons. The van der Waals surface area contributed by atoms with E-state index in [1.165, 1.54) is 42.1 Å². The third kappa shape index (κ3) is 12.3. The van der Waals surface area contributed by atoms with Gasteiger partial charge in [-0.3, -0.25) is 9.59 Å². The SMILES string of the molecule is O=C1NS(=O)(=O)NCCCNCCCCNCCCNS(=O)(=O)NC(=O)c2ccc(Cl)cc2Sc2ccccc2Cc2cc1ccc2Cl. The minimum absolute atomic E-state index is 0.105. The van der Waals surface area contributed by atoms with E-state index in [0.29, 0.717) is 46.4 Å². The molecule has 0 spiro atoms. The molecular weight excluding hydrogens is 719 g/mol. The molecule has 0 aliphatic carbocycles. The highest BCUT2D eigenvalue weighted by atomic mass is 35.5. The zero-order chi connectivity index (χ0) is 34.6. The number of amides is 2. The average Bonchev–Trinajstić information content (AvgIpc) is 3.02. The Hall–Kier alpha value is -2.73. The molecule has 3 aromatic carbocycles. The lowest BCUT2D eigenvalue weighted by molar-refractivity contribution is 0.0970. The number of nitrogens with one attached hydrogen (secondary N) is 6. The lowest BCUT2D eigenvalue weighted by Gasteiger charge is -2.15. The maximum absolute atomic E-state index is 13.2. The molecule has 4 rings (SSSR count). The van der Waals surface area contributed by atoms with Crippen LogP contribution in [-0.2, 0) is 26.8 Å². The molecule has 3 aromatic rings. The van der Waals surface area contributed by atoms with Crippen LogP contribution in [-0.4, -0.2) is 67.9 Å². The van der Waals surface area contributed by atoms with Gasteiger partial charge in [0.2, 0.25) is 0 Å². The van der Waals surface area contributed by atoms with Gasteiger partial charge in [-0.2, -0.15) is 26.3 Å². The van der Waals surface area contributed by atoms with Gasteiger partial charge in [0.1, 0.15) is 0 Å². The van der Waals surface area contributed by atoms with Crippen molar-refractivity contribution in [3.05, 3.63) is 93.0 Å². The Morgan fingerprint density at radius 1 is 0.604 bits per heavy atom. The van der Waals surface area contributed by atoms with E-state index in [1.807, 2.05) is 24.3 Å². The fraction of sp³-hybridized carbons (Fsp3) is 0.355. The molecule has 17 heteroatoms. The normalized spacial score (nSPS) is 19.2. The molecule has 0 saturated heterocycles. The van der Waals surface area contributed by atoms with Gasteiger partial charge in [0.25, 0.3) is 11.8 Å². The van der Waals surface area contributed by atoms with Crippen molar-refractivity contribution in [1.29, 1.82) is 0 Å². The number of halogens is 2. The topological polar surface area (TPSA) is 175 Å². The molecule has 0 saturated carbocycles. The summed E-state index contributed by atoms with van der Waals surface area (Å²) in [7, 11) is -8.22. The van der Waals surface area contributed by atoms with E-state index < -0.39 is 32.2 Å². The van der Waals surface area contributed by atoms with E-state index in [2.05, 4.69) is 29.5 Å². The van der Waals surface area contributed by atoms with Crippen LogP contribution in [0.2, 0.25) is 10.0 Å². The van der Waals surface area contributed by atoms with Gasteiger partial charge < -0.3 is 10.6 Å². The van der Waals surface area contributed by atoms with E-state index >= 15 is 0 Å². The van der Waals surface area contributed by atoms with Gasteiger partial charge in [0, 0.05) is 44.9 Å². The zero-order valence-corrected chi connectivity index (χ0v) is 29.9. The minimum atomic E-state index is -4.13. The molecule has 6 N–H and O–H groups in total. The predicted octanol–water partition coefficient (Wildman–Crippen LogP) is 3.62. The van der Waals surface area contributed by atoms with Crippen LogP contribution in [0.1, 0.15) is 57.5 Å². The highest BCUT2D eigenvalue weighted by molar-refractivity contribution is 7.99. The van der Waals surface area contributed by atoms with E-state index in [4.69, 9.17) is 23.2 Å². The molecule has 0 atom stereocenters. The molecule has 0 unspecified atom stereocenters. The molecule has 2 bridgehead atoms. The van der Waals surface area contributed by atoms with Gasteiger partial charge >= 0.3 is 20.4 Å². The van der Waals surface area contributed by atoms with E-state index in [-0.39, 0.29) is 30.6 Å². The zero-order valence-electron chi connectivity index (χ0n) is 26.0. The van der Waals surface area contributed by atoms with Crippen LogP contribution in [0.5, 0.6) is 0 Å². The largest absolute Gasteiger partial charge is 0.317 e. The maximum atomic E-state index is 13.2. The molecule has 48 heavy (non-hydrogen) atoms. The van der Waals surface area contributed by atoms with Gasteiger partial charge in [0.15, 0.2) is 0 Å². The monoisotopic (exact) mass is 756 g/mol. The summed E-state index contributed by atoms with van der Waals surface area (Å²) in [4.78, 5) is 27.3. The van der Waals surface area contributed by atoms with Crippen LogP contribution in [0, 0.1) is 0 Å². The van der Waals surface area contributed by atoms with Crippen LogP contribution >= 0.6 is 35.0 Å². The van der Waals surface area contributed by atoms with Gasteiger partial charge in [-0.15, -0.1) is 0 Å². The van der Waals surface area contributed by atoms with Crippen molar-refractivity contribution in [3.63, 3.8) is 0 Å². The van der Waals surface area contributed by atoms with Crippen LogP contribution in [0.4, 0.5) is 0 Å². The average molecular weight is 758 g/mol. The fourth-order valence-corrected chi connectivity index (χ4v) is 7.93. The number of rotatable bonds is 0. The van der Waals surface area contributed by atoms with Crippen LogP contribution < -0.4 is 29.5 Å². The Morgan fingerprint density at radius 3 is 1.88 bits per heavy atom. The molecule has 1 heterocycles. The summed E-state index contributed by atoms with van der Waals surface area (Å²) in [5, 5.41) is 7.23. The Labute approximate surface area is 295 Å². The summed E-state index contributed by atoms with van der Waals surface area (Å²) in [5.41, 5.74) is 1.56. The van der Waals surface area contributed by atoms with Gasteiger partial charge in [-0.25, -0.2) is 9.44 Å². The van der Waals surface area contributed by atoms with Crippen molar-refractivity contribution in [2.45, 2.75) is 41.9 Å². The summed E-state index contributed by atoms with van der Waals surface area (Å²) in [6, 6.07) is 16.3. The Morgan fingerprint density at radius 2 is 1.21 bits per heavy atom. The standard InChI is InChI=1S/C31H38Cl2N6O6S3/c32-25-10-11-26-29(21-25)46-28-8-2-1-7-22(28)19-24-20-23(9-12-27(24)33)30(40)38-47(42,43)36-17-5-15-34-13-3-4-14-35-16-6-18-37-48(44,45)39-31(26)41/h1-2,7-12,20-21,34-37H,3-6,13-19H2,(H,38,40)(H,39,41). The van der Waals surface area contributed by atoms with Gasteiger partial charge in [0.05, 0.1) is 5.56 Å². The molecule has 1 aliphatic heterocycles. The molecule has 0 fully saturated rings. The van der Waals surface area contributed by atoms with Crippen molar-refractivity contribution in [1.82, 2.24) is 29.5 Å². The quantitative estimate of drug-likeness (QED) is 0.200. The lowest BCUT2D eigenvalue weighted by Crippen LogP contribution is -2.41. The smallest absolute Gasteiger partial charge is 0.301 e. The summed E-state index contributed by atoms with van der Waals surface area (Å²) in [6.07, 6.45) is 3.10. The summed E-state index contributed by atoms with van der Waals surface area (Å²) >= 11 is 14.0. The number of carbonyl (C=O) groups is 2. The number of benzene rings is 3. The summed E-state index contributed by atoms with van der Waals surface area (Å²) < 4.78 is 59.4. The first-order valence-electron chi connectivity index (χ1n) is 15.3. The highest BCUT2D eigenvalue weighted by Gasteiger charge is 2.21. The molecule has 12 nitrogen and oxygen atoms in total. The lowest BCUT2D eigenvalue weighted by atomic mass is 10.0. The van der Waals surface area contributed by atoms with Gasteiger partial charge in [-0.1, -0.05) is 53.2 Å². The van der Waals surface area contributed by atoms with Crippen LogP contribution in [0.15, 0.2) is 70.5 Å². The molecule has 0 aromatic heterocycles. The first-order valence-corrected chi connectivity index (χ1v) is 19.8. The Bertz CT molecular complexity index is 1810. The molecule has 2 amide bonds. The second kappa shape index (κ2) is 18.3. The van der Waals surface area contributed by atoms with Crippen molar-refractivity contribution in [3.8, 4) is 0 Å². The highest BCUT2D eigenvalue weighted by Crippen LogP contribution is 2.36. The fourth-order valence-electron chi connectivity index (χ4n) is 4.71. The Balaban J connectivity index is 1.58. The summed E-state index contributed by atoms with van der Waals surface area (Å²) in [6.45, 7) is 2.98. The van der Waals surface area contributed by atoms with Crippen LogP contribution in [0.25, 0.3) is 0 Å². The third-order valence-electron chi connectivity index (χ3n) is 7.13. The van der Waals surface area contributed by atoms with Crippen LogP contribution in [0.3, 0.4) is 0 Å². The second-order valence-corrected chi connectivity index (χ2v) is 15.8. The van der Waals surface area contributed by atoms with Crippen molar-refractivity contribution < 1.29 is 26.4 Å². The molecular formula is C31H38Cl2N6O6S3. The van der Waals surface area contributed by atoms with Crippen molar-refractivity contribution >= 4 is 67.2 Å². The maximum Gasteiger partial charge on any atom is 0.301 e. The van der Waals surface area contributed by atoms with Crippen molar-refractivity contribution in [2.24, 2.45) is 0 Å². The third-order valence-corrected chi connectivity index (χ3v) is 11.0. The van der Waals surface area contributed by atoms with E-state index in [9.17, 15) is 26.4 Å². The number of carbonyl (C=O) groups excluding carboxylic acids is 2. The molecule has 260 valence electrons. The van der Waals surface area contributed by atoms with Gasteiger partial charge in [-0.05, 0) is 105 Å². The predicted molar refractivity (Wildman–Crippen MR) is 189 cm³/mol. The first-order chi connectivity index (χ1) is 22.9. The Kier molecular flexibility index (Phi) is 14.5. The van der Waals surface area contributed by atoms with E-state index in [1.54, 1.807) is 6.07 Å². The van der Waals surface area contributed by atoms with Crippen molar-refractivity contribution in [2.75, 3.05) is 39.3 Å². The second-order valence-electron chi connectivity index (χ2n) is 10.9. The first kappa shape index (κ1) is 38.1. The van der Waals surface area contributed by atoms with E-state index in [0.717, 1.165) is 36.4 Å². The number of hydrogen-bond donors (Lipinski definition) is 6. The summed E-state index contributed by atoms with van der Waals surface area (Å²) in [5.74, 6) is -1.63.